The van der Waals surface area contributed by atoms with Gasteiger partial charge in [-0.1, -0.05) is 59.6 Å². The summed E-state index contributed by atoms with van der Waals surface area (Å²) in [6.45, 7) is 4.00. The van der Waals surface area contributed by atoms with E-state index in [1.165, 1.54) is 5.56 Å². The Labute approximate surface area is 206 Å². The number of benzene rings is 3. The van der Waals surface area contributed by atoms with Crippen LogP contribution >= 0.6 is 11.6 Å². The number of nitrogens with two attached hydrogens (primary N) is 1. The number of imidazole rings is 1. The fraction of sp³-hybridized carbons (Fsp3) is 0.111. The predicted octanol–water partition coefficient (Wildman–Crippen LogP) is 5.19. The molecule has 1 unspecified atom stereocenters. The van der Waals surface area contributed by atoms with Crippen molar-refractivity contribution in [1.29, 1.82) is 0 Å². The van der Waals surface area contributed by atoms with Gasteiger partial charge in [0.1, 0.15) is 11.4 Å². The summed E-state index contributed by atoms with van der Waals surface area (Å²) < 4.78 is 1.75. The van der Waals surface area contributed by atoms with E-state index in [9.17, 15) is 0 Å². The van der Waals surface area contributed by atoms with Gasteiger partial charge in [-0.15, -0.1) is 5.10 Å². The number of aryl methyl sites for hydroxylation is 2. The lowest BCUT2D eigenvalue weighted by atomic mass is 9.80. The Morgan fingerprint density at radius 3 is 2.49 bits per heavy atom. The van der Waals surface area contributed by atoms with Crippen LogP contribution in [0.3, 0.4) is 0 Å². The molecule has 0 saturated heterocycles. The summed E-state index contributed by atoms with van der Waals surface area (Å²) in [5.74, 6) is 0.792. The highest BCUT2D eigenvalue weighted by atomic mass is 35.5. The molecule has 0 aliphatic rings. The number of hydrogen-bond acceptors (Lipinski definition) is 5. The number of pyridine rings is 1. The van der Waals surface area contributed by atoms with Gasteiger partial charge in [-0.25, -0.2) is 4.98 Å². The molecular weight excluding hydrogens is 458 g/mol. The second-order valence-corrected chi connectivity index (χ2v) is 9.24. The molecule has 35 heavy (non-hydrogen) atoms. The first-order valence-electron chi connectivity index (χ1n) is 11.2. The van der Waals surface area contributed by atoms with Crippen LogP contribution in [0, 0.1) is 13.8 Å². The van der Waals surface area contributed by atoms with Crippen LogP contribution in [-0.2, 0) is 5.54 Å². The quantitative estimate of drug-likeness (QED) is 0.362. The molecule has 7 nitrogen and oxygen atoms in total. The molecule has 0 saturated carbocycles. The molecule has 172 valence electrons. The predicted molar refractivity (Wildman–Crippen MR) is 137 cm³/mol. The molecule has 3 heterocycles. The molecule has 0 bridgehead atoms. The number of halogens is 1. The molecule has 3 aromatic carbocycles. The maximum atomic E-state index is 7.26. The molecule has 6 rings (SSSR count). The Morgan fingerprint density at radius 1 is 0.943 bits per heavy atom. The van der Waals surface area contributed by atoms with Crippen molar-refractivity contribution >= 4 is 28.2 Å². The lowest BCUT2D eigenvalue weighted by Gasteiger charge is -2.30. The number of H-pyrrole nitrogens is 1. The van der Waals surface area contributed by atoms with Crippen molar-refractivity contribution in [1.82, 2.24) is 30.0 Å². The lowest BCUT2D eigenvalue weighted by Crippen LogP contribution is -2.39. The molecule has 3 aromatic heterocycles. The van der Waals surface area contributed by atoms with Crippen molar-refractivity contribution in [3.05, 3.63) is 112 Å². The first kappa shape index (κ1) is 21.5. The summed E-state index contributed by atoms with van der Waals surface area (Å²) in [4.78, 5) is 7.78. The zero-order valence-corrected chi connectivity index (χ0v) is 20.0. The van der Waals surface area contributed by atoms with Gasteiger partial charge >= 0.3 is 0 Å². The van der Waals surface area contributed by atoms with E-state index in [0.29, 0.717) is 10.7 Å². The van der Waals surface area contributed by atoms with E-state index in [1.807, 2.05) is 49.4 Å². The van der Waals surface area contributed by atoms with Crippen molar-refractivity contribution < 1.29 is 0 Å². The first-order chi connectivity index (χ1) is 16.9. The maximum absolute atomic E-state index is 7.26. The molecule has 0 radical (unpaired) electrons. The molecule has 8 heteroatoms. The lowest BCUT2D eigenvalue weighted by molar-refractivity contribution is 0.632. The zero-order valence-electron chi connectivity index (χ0n) is 19.2. The fourth-order valence-electron chi connectivity index (χ4n) is 4.71. The van der Waals surface area contributed by atoms with E-state index >= 15 is 0 Å². The zero-order chi connectivity index (χ0) is 24.2. The Bertz CT molecular complexity index is 1700. The smallest absolute Gasteiger partial charge is 0.180 e. The third-order valence-electron chi connectivity index (χ3n) is 6.49. The second kappa shape index (κ2) is 8.01. The molecular formula is C27H22ClN7. The van der Waals surface area contributed by atoms with E-state index in [1.54, 1.807) is 10.7 Å². The van der Waals surface area contributed by atoms with Crippen LogP contribution in [0.15, 0.2) is 79.0 Å². The number of aromatic amines is 1. The van der Waals surface area contributed by atoms with Gasteiger partial charge in [-0.2, -0.15) is 4.52 Å². The number of fused-ring (bicyclic) bond motifs is 3. The fourth-order valence-corrected chi connectivity index (χ4v) is 4.83. The van der Waals surface area contributed by atoms with Crippen molar-refractivity contribution in [3.8, 4) is 11.1 Å². The van der Waals surface area contributed by atoms with Crippen molar-refractivity contribution in [2.24, 2.45) is 5.73 Å². The summed E-state index contributed by atoms with van der Waals surface area (Å²) in [7, 11) is 0. The van der Waals surface area contributed by atoms with E-state index in [0.717, 1.165) is 44.7 Å². The number of aromatic nitrogens is 6. The molecule has 0 spiro atoms. The van der Waals surface area contributed by atoms with Gasteiger partial charge in [-0.05, 0) is 76.9 Å². The van der Waals surface area contributed by atoms with Gasteiger partial charge in [0.15, 0.2) is 5.65 Å². The van der Waals surface area contributed by atoms with E-state index in [-0.39, 0.29) is 0 Å². The first-order valence-corrected chi connectivity index (χ1v) is 11.6. The number of tetrazole rings is 1. The van der Waals surface area contributed by atoms with Gasteiger partial charge in [0.2, 0.25) is 0 Å². The van der Waals surface area contributed by atoms with E-state index < -0.39 is 5.54 Å². The van der Waals surface area contributed by atoms with Crippen LogP contribution in [0.1, 0.15) is 28.2 Å². The normalized spacial score (nSPS) is 13.4. The van der Waals surface area contributed by atoms with E-state index in [4.69, 9.17) is 17.3 Å². The molecule has 1 atom stereocenters. The molecule has 0 amide bonds. The summed E-state index contributed by atoms with van der Waals surface area (Å²) in [6.07, 6.45) is 1.79. The van der Waals surface area contributed by atoms with Crippen LogP contribution in [0.2, 0.25) is 5.02 Å². The number of nitrogens with one attached hydrogen (secondary N) is 1. The van der Waals surface area contributed by atoms with Crippen molar-refractivity contribution in [2.45, 2.75) is 19.4 Å². The van der Waals surface area contributed by atoms with Crippen LogP contribution in [0.5, 0.6) is 0 Å². The Hall–Kier alpha value is -4.07. The van der Waals surface area contributed by atoms with Crippen LogP contribution in [-0.4, -0.2) is 30.0 Å². The van der Waals surface area contributed by atoms with Crippen LogP contribution < -0.4 is 5.73 Å². The highest BCUT2D eigenvalue weighted by Gasteiger charge is 2.34. The highest BCUT2D eigenvalue weighted by Crippen LogP contribution is 2.38. The van der Waals surface area contributed by atoms with Crippen molar-refractivity contribution in [3.63, 3.8) is 0 Å². The minimum atomic E-state index is -0.987. The SMILES string of the molecule is Cc1cccc(-c2cc3nnnn3c3ccc(C(N)(c4ccc(Cl)cc4)c4cnc(C)[nH]4)cc23)c1. The molecule has 0 aliphatic heterocycles. The topological polar surface area (TPSA) is 97.8 Å². The third kappa shape index (κ3) is 3.48. The standard InChI is InChI=1S/C27H22ClN7/c1-16-4-3-5-18(12-16)22-14-26-32-33-34-35(26)24-11-8-20(13-23(22)24)27(29,25-15-30-17(2)31-25)19-6-9-21(28)10-7-19/h3-15H,29H2,1-2H3,(H,30,31). The maximum Gasteiger partial charge on any atom is 0.180 e. The molecule has 6 aromatic rings. The summed E-state index contributed by atoms with van der Waals surface area (Å²) in [5.41, 5.74) is 13.7. The van der Waals surface area contributed by atoms with E-state index in [2.05, 4.69) is 62.7 Å². The number of rotatable bonds is 4. The van der Waals surface area contributed by atoms with Gasteiger partial charge in [0.25, 0.3) is 0 Å². The van der Waals surface area contributed by atoms with Crippen LogP contribution in [0.4, 0.5) is 0 Å². The minimum absolute atomic E-state index is 0.651. The van der Waals surface area contributed by atoms with Gasteiger partial charge in [0, 0.05) is 10.4 Å². The van der Waals surface area contributed by atoms with Crippen LogP contribution in [0.25, 0.3) is 27.7 Å². The monoisotopic (exact) mass is 479 g/mol. The summed E-state index contributed by atoms with van der Waals surface area (Å²) in [6, 6.07) is 24.2. The van der Waals surface area contributed by atoms with Crippen molar-refractivity contribution in [2.75, 3.05) is 0 Å². The molecule has 0 fully saturated rings. The largest absolute Gasteiger partial charge is 0.344 e. The summed E-state index contributed by atoms with van der Waals surface area (Å²) in [5, 5.41) is 14.0. The third-order valence-corrected chi connectivity index (χ3v) is 6.75. The molecule has 3 N–H and O–H groups in total. The van der Waals surface area contributed by atoms with Gasteiger partial charge in [-0.3, -0.25) is 0 Å². The number of nitrogens with zero attached hydrogens (tertiary/aromatic N) is 5. The Balaban J connectivity index is 1.67. The number of hydrogen-bond donors (Lipinski definition) is 2. The molecule has 0 aliphatic carbocycles. The minimum Gasteiger partial charge on any atom is -0.344 e. The Kier molecular flexibility index (Phi) is 4.91. The average molecular weight is 480 g/mol. The second-order valence-electron chi connectivity index (χ2n) is 8.81. The van der Waals surface area contributed by atoms with Gasteiger partial charge in [0.05, 0.1) is 17.4 Å². The highest BCUT2D eigenvalue weighted by molar-refractivity contribution is 6.30. The summed E-state index contributed by atoms with van der Waals surface area (Å²) >= 11 is 6.20. The average Bonchev–Trinajstić information content (AvgIpc) is 3.52. The Morgan fingerprint density at radius 2 is 1.74 bits per heavy atom. The van der Waals surface area contributed by atoms with Gasteiger partial charge < -0.3 is 10.7 Å².